The molecule has 0 bridgehead atoms. The lowest BCUT2D eigenvalue weighted by molar-refractivity contribution is -0.274. The van der Waals surface area contributed by atoms with E-state index in [0.29, 0.717) is 47.2 Å². The molecule has 0 aliphatic carbocycles. The van der Waals surface area contributed by atoms with Crippen LogP contribution in [0.2, 0.25) is 0 Å². The normalized spacial score (nSPS) is 15.3. The predicted molar refractivity (Wildman–Crippen MR) is 107 cm³/mol. The van der Waals surface area contributed by atoms with Crippen LogP contribution in [0.3, 0.4) is 0 Å². The standard InChI is InChI=1S/C19H20F3N5O2S/c1-12(2)27-15(5-6-23-27)17(28)25-7-9-26(10-8-25)18-24-14-4-3-13(11-16(14)30-18)29-19(20,21)22/h3-6,11-12H,7-10H2,1-2H3. The highest BCUT2D eigenvalue weighted by molar-refractivity contribution is 7.22. The molecule has 1 aromatic carbocycles. The first-order chi connectivity index (χ1) is 14.2. The van der Waals surface area contributed by atoms with Crippen LogP contribution in [0.15, 0.2) is 30.5 Å². The number of alkyl halides is 3. The first-order valence-electron chi connectivity index (χ1n) is 9.45. The van der Waals surface area contributed by atoms with Gasteiger partial charge in [0.25, 0.3) is 5.91 Å². The van der Waals surface area contributed by atoms with E-state index in [4.69, 9.17) is 0 Å². The number of anilines is 1. The molecule has 0 atom stereocenters. The molecule has 160 valence electrons. The van der Waals surface area contributed by atoms with Crippen LogP contribution in [0.25, 0.3) is 10.2 Å². The Labute approximate surface area is 174 Å². The molecular formula is C19H20F3N5O2S. The number of aromatic nitrogens is 3. The monoisotopic (exact) mass is 439 g/mol. The topological polar surface area (TPSA) is 63.5 Å². The van der Waals surface area contributed by atoms with Crippen molar-refractivity contribution >= 4 is 32.6 Å². The van der Waals surface area contributed by atoms with Gasteiger partial charge in [-0.25, -0.2) is 4.98 Å². The lowest BCUT2D eigenvalue weighted by atomic mass is 10.2. The van der Waals surface area contributed by atoms with E-state index in [1.807, 2.05) is 18.7 Å². The summed E-state index contributed by atoms with van der Waals surface area (Å²) in [5, 5.41) is 4.93. The largest absolute Gasteiger partial charge is 0.573 e. The molecule has 30 heavy (non-hydrogen) atoms. The molecule has 0 saturated carbocycles. The van der Waals surface area contributed by atoms with E-state index in [9.17, 15) is 18.0 Å². The summed E-state index contributed by atoms with van der Waals surface area (Å²) in [6, 6.07) is 5.94. The fourth-order valence-corrected chi connectivity index (χ4v) is 4.43. The number of carbonyl (C=O) groups is 1. The van der Waals surface area contributed by atoms with Crippen LogP contribution in [-0.4, -0.2) is 58.1 Å². The second kappa shape index (κ2) is 7.78. The van der Waals surface area contributed by atoms with E-state index in [2.05, 4.69) is 14.8 Å². The van der Waals surface area contributed by atoms with Crippen molar-refractivity contribution in [3.63, 3.8) is 0 Å². The van der Waals surface area contributed by atoms with Crippen molar-refractivity contribution in [2.45, 2.75) is 26.3 Å². The molecule has 1 aliphatic heterocycles. The molecule has 0 radical (unpaired) electrons. The molecule has 0 N–H and O–H groups in total. The number of benzene rings is 1. The summed E-state index contributed by atoms with van der Waals surface area (Å²) in [7, 11) is 0. The summed E-state index contributed by atoms with van der Waals surface area (Å²) in [5.41, 5.74) is 1.18. The van der Waals surface area contributed by atoms with Gasteiger partial charge in [-0.3, -0.25) is 9.48 Å². The fourth-order valence-electron chi connectivity index (χ4n) is 3.38. The zero-order valence-corrected chi connectivity index (χ0v) is 17.2. The number of nitrogens with zero attached hydrogens (tertiary/aromatic N) is 5. The van der Waals surface area contributed by atoms with Crippen molar-refractivity contribution in [1.82, 2.24) is 19.7 Å². The second-order valence-electron chi connectivity index (χ2n) is 7.21. The van der Waals surface area contributed by atoms with E-state index in [0.717, 1.165) is 0 Å². The molecule has 4 rings (SSSR count). The number of fused-ring (bicyclic) bond motifs is 1. The molecule has 11 heteroatoms. The quantitative estimate of drug-likeness (QED) is 0.616. The lowest BCUT2D eigenvalue weighted by Gasteiger charge is -2.34. The Morgan fingerprint density at radius 3 is 2.57 bits per heavy atom. The van der Waals surface area contributed by atoms with Gasteiger partial charge in [-0.15, -0.1) is 13.2 Å². The average molecular weight is 439 g/mol. The number of ether oxygens (including phenoxy) is 1. The smallest absolute Gasteiger partial charge is 0.406 e. The maximum absolute atomic E-state index is 12.8. The highest BCUT2D eigenvalue weighted by Crippen LogP contribution is 2.33. The Kier molecular flexibility index (Phi) is 5.31. The van der Waals surface area contributed by atoms with Gasteiger partial charge < -0.3 is 14.5 Å². The molecule has 1 fully saturated rings. The Hall–Kier alpha value is -2.82. The van der Waals surface area contributed by atoms with Gasteiger partial charge in [0.1, 0.15) is 11.4 Å². The number of halogens is 3. The summed E-state index contributed by atoms with van der Waals surface area (Å²) in [4.78, 5) is 21.2. The van der Waals surface area contributed by atoms with E-state index in [-0.39, 0.29) is 17.7 Å². The maximum Gasteiger partial charge on any atom is 0.573 e. The first kappa shape index (κ1) is 20.5. The van der Waals surface area contributed by atoms with Gasteiger partial charge in [-0.2, -0.15) is 5.10 Å². The van der Waals surface area contributed by atoms with Crippen LogP contribution < -0.4 is 9.64 Å². The Morgan fingerprint density at radius 1 is 1.17 bits per heavy atom. The van der Waals surface area contributed by atoms with E-state index in [1.165, 1.54) is 29.5 Å². The number of piperazine rings is 1. The van der Waals surface area contributed by atoms with E-state index in [1.54, 1.807) is 21.8 Å². The number of thiazole rings is 1. The Morgan fingerprint density at radius 2 is 1.90 bits per heavy atom. The predicted octanol–water partition coefficient (Wildman–Crippen LogP) is 3.93. The van der Waals surface area contributed by atoms with Gasteiger partial charge in [0.2, 0.25) is 0 Å². The van der Waals surface area contributed by atoms with Gasteiger partial charge >= 0.3 is 6.36 Å². The SMILES string of the molecule is CC(C)n1nccc1C(=O)N1CCN(c2nc3ccc(OC(F)(F)F)cc3s2)CC1. The van der Waals surface area contributed by atoms with Crippen molar-refractivity contribution in [3.05, 3.63) is 36.2 Å². The van der Waals surface area contributed by atoms with Crippen molar-refractivity contribution < 1.29 is 22.7 Å². The third kappa shape index (κ3) is 4.20. The number of carbonyl (C=O) groups excluding carboxylic acids is 1. The molecule has 3 heterocycles. The summed E-state index contributed by atoms with van der Waals surface area (Å²) in [5.74, 6) is -0.318. The highest BCUT2D eigenvalue weighted by Gasteiger charge is 2.31. The fraction of sp³-hybridized carbons (Fsp3) is 0.421. The molecule has 3 aromatic rings. The van der Waals surface area contributed by atoms with Crippen LogP contribution in [0.4, 0.5) is 18.3 Å². The van der Waals surface area contributed by atoms with Crippen LogP contribution in [-0.2, 0) is 0 Å². The van der Waals surface area contributed by atoms with Gasteiger partial charge in [-0.1, -0.05) is 11.3 Å². The maximum atomic E-state index is 12.8. The van der Waals surface area contributed by atoms with Crippen molar-refractivity contribution in [1.29, 1.82) is 0 Å². The van der Waals surface area contributed by atoms with Gasteiger partial charge in [0.05, 0.1) is 10.2 Å². The third-order valence-electron chi connectivity index (χ3n) is 4.80. The molecule has 1 aliphatic rings. The third-order valence-corrected chi connectivity index (χ3v) is 5.88. The number of amides is 1. The van der Waals surface area contributed by atoms with Crippen LogP contribution in [0.1, 0.15) is 30.4 Å². The summed E-state index contributed by atoms with van der Waals surface area (Å²) >= 11 is 1.31. The minimum Gasteiger partial charge on any atom is -0.406 e. The zero-order valence-electron chi connectivity index (χ0n) is 16.4. The highest BCUT2D eigenvalue weighted by atomic mass is 32.1. The lowest BCUT2D eigenvalue weighted by Crippen LogP contribution is -2.49. The molecule has 7 nitrogen and oxygen atoms in total. The first-order valence-corrected chi connectivity index (χ1v) is 10.3. The van der Waals surface area contributed by atoms with Gasteiger partial charge in [0, 0.05) is 44.5 Å². The number of hydrogen-bond donors (Lipinski definition) is 0. The molecule has 0 spiro atoms. The molecule has 0 unspecified atom stereocenters. The second-order valence-corrected chi connectivity index (χ2v) is 8.22. The average Bonchev–Trinajstić information content (AvgIpc) is 3.33. The van der Waals surface area contributed by atoms with Crippen LogP contribution in [0, 0.1) is 0 Å². The van der Waals surface area contributed by atoms with Crippen molar-refractivity contribution in [2.75, 3.05) is 31.1 Å². The van der Waals surface area contributed by atoms with Crippen LogP contribution in [0.5, 0.6) is 5.75 Å². The minimum atomic E-state index is -4.73. The molecule has 2 aromatic heterocycles. The zero-order chi connectivity index (χ0) is 21.5. The Balaban J connectivity index is 1.44. The van der Waals surface area contributed by atoms with Gasteiger partial charge in [-0.05, 0) is 32.0 Å². The van der Waals surface area contributed by atoms with Gasteiger partial charge in [0.15, 0.2) is 5.13 Å². The summed E-state index contributed by atoms with van der Waals surface area (Å²) < 4.78 is 43.6. The minimum absolute atomic E-state index is 0.0564. The van der Waals surface area contributed by atoms with E-state index < -0.39 is 6.36 Å². The molecule has 1 saturated heterocycles. The summed E-state index contributed by atoms with van der Waals surface area (Å²) in [6.45, 7) is 6.18. The number of hydrogen-bond acceptors (Lipinski definition) is 6. The molecule has 1 amide bonds. The molecular weight excluding hydrogens is 419 g/mol. The summed E-state index contributed by atoms with van der Waals surface area (Å²) in [6.07, 6.45) is -3.10. The number of rotatable bonds is 4. The van der Waals surface area contributed by atoms with Crippen molar-refractivity contribution in [3.8, 4) is 5.75 Å². The van der Waals surface area contributed by atoms with E-state index >= 15 is 0 Å². The van der Waals surface area contributed by atoms with Crippen LogP contribution >= 0.6 is 11.3 Å². The van der Waals surface area contributed by atoms with Crippen molar-refractivity contribution in [2.24, 2.45) is 0 Å². The Bertz CT molecular complexity index is 1050.